The summed E-state index contributed by atoms with van der Waals surface area (Å²) in [6.07, 6.45) is 3.22. The zero-order chi connectivity index (χ0) is 25.2. The SMILES string of the molecule is C=CCCC(NC(=O)OCC1c2ccccc2-c2ccccc21)C(=O)N(CC)CCCCC(=O)O. The van der Waals surface area contributed by atoms with Crippen LogP contribution in [0.2, 0.25) is 0 Å². The summed E-state index contributed by atoms with van der Waals surface area (Å²) < 4.78 is 5.63. The number of carboxylic acids is 1. The number of nitrogens with zero attached hydrogens (tertiary/aromatic N) is 1. The fraction of sp³-hybridized carbons (Fsp3) is 0.393. The van der Waals surface area contributed by atoms with E-state index >= 15 is 0 Å². The molecule has 7 nitrogen and oxygen atoms in total. The molecule has 1 aliphatic carbocycles. The largest absolute Gasteiger partial charge is 0.481 e. The summed E-state index contributed by atoms with van der Waals surface area (Å²) in [5, 5.41) is 11.6. The Morgan fingerprint density at radius 1 is 1.09 bits per heavy atom. The lowest BCUT2D eigenvalue weighted by molar-refractivity contribution is -0.137. The fourth-order valence-corrected chi connectivity index (χ4v) is 4.55. The Balaban J connectivity index is 1.62. The van der Waals surface area contributed by atoms with Crippen molar-refractivity contribution in [2.75, 3.05) is 19.7 Å². The number of amides is 2. The molecule has 186 valence electrons. The Kier molecular flexibility index (Phi) is 9.47. The number of nitrogens with one attached hydrogen (secondary N) is 1. The normalized spacial score (nSPS) is 12.8. The van der Waals surface area contributed by atoms with Gasteiger partial charge in [0.25, 0.3) is 0 Å². The molecular formula is C28H34N2O5. The van der Waals surface area contributed by atoms with Crippen molar-refractivity contribution in [2.45, 2.75) is 51.0 Å². The quantitative estimate of drug-likeness (QED) is 0.313. The van der Waals surface area contributed by atoms with Gasteiger partial charge in [0, 0.05) is 25.4 Å². The molecule has 1 atom stereocenters. The lowest BCUT2D eigenvalue weighted by Crippen LogP contribution is -2.49. The molecule has 2 N–H and O–H groups in total. The highest BCUT2D eigenvalue weighted by atomic mass is 16.5. The molecule has 1 unspecified atom stereocenters. The molecule has 0 radical (unpaired) electrons. The highest BCUT2D eigenvalue weighted by Gasteiger charge is 2.30. The van der Waals surface area contributed by atoms with E-state index in [-0.39, 0.29) is 24.9 Å². The van der Waals surface area contributed by atoms with E-state index in [0.29, 0.717) is 38.8 Å². The van der Waals surface area contributed by atoms with Gasteiger partial charge in [-0.1, -0.05) is 54.6 Å². The van der Waals surface area contributed by atoms with Crippen molar-refractivity contribution in [3.8, 4) is 11.1 Å². The van der Waals surface area contributed by atoms with Gasteiger partial charge < -0.3 is 20.1 Å². The second kappa shape index (κ2) is 12.7. The van der Waals surface area contributed by atoms with E-state index in [4.69, 9.17) is 9.84 Å². The summed E-state index contributed by atoms with van der Waals surface area (Å²) in [4.78, 5) is 38.3. The van der Waals surface area contributed by atoms with Crippen LogP contribution in [0.25, 0.3) is 11.1 Å². The third-order valence-electron chi connectivity index (χ3n) is 6.36. The summed E-state index contributed by atoms with van der Waals surface area (Å²) in [6.45, 7) is 6.68. The molecule has 0 heterocycles. The van der Waals surface area contributed by atoms with Crippen molar-refractivity contribution in [2.24, 2.45) is 0 Å². The topological polar surface area (TPSA) is 95.9 Å². The minimum absolute atomic E-state index is 0.0585. The van der Waals surface area contributed by atoms with E-state index in [2.05, 4.69) is 36.2 Å². The molecule has 0 aromatic heterocycles. The van der Waals surface area contributed by atoms with Crippen molar-refractivity contribution in [3.05, 3.63) is 72.3 Å². The number of fused-ring (bicyclic) bond motifs is 3. The molecular weight excluding hydrogens is 444 g/mol. The van der Waals surface area contributed by atoms with Crippen LogP contribution in [0.1, 0.15) is 56.1 Å². The number of ether oxygens (including phenoxy) is 1. The molecule has 35 heavy (non-hydrogen) atoms. The van der Waals surface area contributed by atoms with Crippen molar-refractivity contribution < 1.29 is 24.2 Å². The summed E-state index contributed by atoms with van der Waals surface area (Å²) in [7, 11) is 0. The molecule has 0 saturated heterocycles. The first-order valence-corrected chi connectivity index (χ1v) is 12.2. The monoisotopic (exact) mass is 478 g/mol. The predicted octanol–water partition coefficient (Wildman–Crippen LogP) is 4.96. The van der Waals surface area contributed by atoms with Crippen LogP contribution in [0.15, 0.2) is 61.2 Å². The van der Waals surface area contributed by atoms with Gasteiger partial charge in [-0.25, -0.2) is 4.79 Å². The zero-order valence-corrected chi connectivity index (χ0v) is 20.2. The van der Waals surface area contributed by atoms with Gasteiger partial charge in [-0.15, -0.1) is 6.58 Å². The summed E-state index contributed by atoms with van der Waals surface area (Å²) in [5.74, 6) is -1.10. The van der Waals surface area contributed by atoms with E-state index in [1.807, 2.05) is 31.2 Å². The highest BCUT2D eigenvalue weighted by Crippen LogP contribution is 2.44. The molecule has 3 rings (SSSR count). The van der Waals surface area contributed by atoms with Gasteiger partial charge in [0.05, 0.1) is 0 Å². The number of unbranched alkanes of at least 4 members (excludes halogenated alkanes) is 1. The molecule has 0 aliphatic heterocycles. The first-order chi connectivity index (χ1) is 17.0. The number of alkyl carbamates (subject to hydrolysis) is 1. The van der Waals surface area contributed by atoms with Crippen molar-refractivity contribution in [1.29, 1.82) is 0 Å². The lowest BCUT2D eigenvalue weighted by atomic mass is 9.98. The van der Waals surface area contributed by atoms with E-state index in [1.165, 1.54) is 0 Å². The molecule has 2 aromatic carbocycles. The number of hydrogen-bond donors (Lipinski definition) is 2. The van der Waals surface area contributed by atoms with E-state index in [9.17, 15) is 14.4 Å². The molecule has 0 spiro atoms. The molecule has 0 fully saturated rings. The summed E-state index contributed by atoms with van der Waals surface area (Å²) >= 11 is 0. The van der Waals surface area contributed by atoms with Crippen LogP contribution in [0, 0.1) is 0 Å². The summed E-state index contributed by atoms with van der Waals surface area (Å²) in [6, 6.07) is 15.5. The average molecular weight is 479 g/mol. The second-order valence-electron chi connectivity index (χ2n) is 8.66. The van der Waals surface area contributed by atoms with Gasteiger partial charge >= 0.3 is 12.1 Å². The first-order valence-electron chi connectivity index (χ1n) is 12.2. The molecule has 2 amide bonds. The maximum Gasteiger partial charge on any atom is 0.407 e. The Bertz CT molecular complexity index is 1010. The number of carboxylic acid groups (broad SMARTS) is 1. The Hall–Kier alpha value is -3.61. The van der Waals surface area contributed by atoms with Crippen LogP contribution in [-0.4, -0.2) is 53.7 Å². The van der Waals surface area contributed by atoms with Gasteiger partial charge in [0.1, 0.15) is 12.6 Å². The number of carbonyl (C=O) groups excluding carboxylic acids is 2. The van der Waals surface area contributed by atoms with Crippen LogP contribution in [0.4, 0.5) is 4.79 Å². The fourth-order valence-electron chi connectivity index (χ4n) is 4.55. The minimum Gasteiger partial charge on any atom is -0.481 e. The Labute approximate surface area is 206 Å². The van der Waals surface area contributed by atoms with E-state index in [0.717, 1.165) is 22.3 Å². The molecule has 0 bridgehead atoms. The number of benzene rings is 2. The van der Waals surface area contributed by atoms with Gasteiger partial charge in [-0.2, -0.15) is 0 Å². The first kappa shape index (κ1) is 26.0. The van der Waals surface area contributed by atoms with Gasteiger partial charge in [-0.05, 0) is 54.9 Å². The van der Waals surface area contributed by atoms with Crippen molar-refractivity contribution >= 4 is 18.0 Å². The van der Waals surface area contributed by atoms with Crippen LogP contribution >= 0.6 is 0 Å². The van der Waals surface area contributed by atoms with Gasteiger partial charge in [0.2, 0.25) is 5.91 Å². The van der Waals surface area contributed by atoms with Crippen LogP contribution < -0.4 is 5.32 Å². The lowest BCUT2D eigenvalue weighted by Gasteiger charge is -2.27. The van der Waals surface area contributed by atoms with E-state index in [1.54, 1.807) is 11.0 Å². The Morgan fingerprint density at radius 2 is 1.71 bits per heavy atom. The van der Waals surface area contributed by atoms with Crippen LogP contribution in [0.3, 0.4) is 0 Å². The number of aliphatic carboxylic acids is 1. The standard InChI is InChI=1S/C28H34N2O5/c1-3-5-16-25(27(33)30(4-2)18-11-10-17-26(31)32)29-28(34)35-19-24-22-14-8-6-12-20(22)21-13-7-9-15-23(21)24/h3,6-9,12-15,24-25H,1,4-5,10-11,16-19H2,2H3,(H,29,34)(H,31,32). The summed E-state index contributed by atoms with van der Waals surface area (Å²) in [5.41, 5.74) is 4.55. The van der Waals surface area contributed by atoms with Gasteiger partial charge in [0.15, 0.2) is 0 Å². The number of likely N-dealkylation sites (N-methyl/N-ethyl adjacent to an activating group) is 1. The molecule has 1 aliphatic rings. The molecule has 2 aromatic rings. The van der Waals surface area contributed by atoms with Crippen LogP contribution in [-0.2, 0) is 14.3 Å². The molecule has 7 heteroatoms. The van der Waals surface area contributed by atoms with Crippen molar-refractivity contribution in [1.82, 2.24) is 10.2 Å². The van der Waals surface area contributed by atoms with Gasteiger partial charge in [-0.3, -0.25) is 9.59 Å². The number of rotatable bonds is 13. The molecule has 0 saturated carbocycles. The third kappa shape index (κ3) is 6.72. The predicted molar refractivity (Wildman–Crippen MR) is 135 cm³/mol. The smallest absolute Gasteiger partial charge is 0.407 e. The van der Waals surface area contributed by atoms with E-state index < -0.39 is 18.1 Å². The third-order valence-corrected chi connectivity index (χ3v) is 6.36. The second-order valence-corrected chi connectivity index (χ2v) is 8.66. The highest BCUT2D eigenvalue weighted by molar-refractivity contribution is 5.86. The maximum atomic E-state index is 13.1. The minimum atomic E-state index is -0.847. The van der Waals surface area contributed by atoms with Crippen molar-refractivity contribution in [3.63, 3.8) is 0 Å². The number of carbonyl (C=O) groups is 3. The average Bonchev–Trinajstić information content (AvgIpc) is 3.18. The zero-order valence-electron chi connectivity index (χ0n) is 20.2. The van der Waals surface area contributed by atoms with Crippen LogP contribution in [0.5, 0.6) is 0 Å². The maximum absolute atomic E-state index is 13.1. The number of allylic oxidation sites excluding steroid dienone is 1. The number of hydrogen-bond acceptors (Lipinski definition) is 4. The Morgan fingerprint density at radius 3 is 2.29 bits per heavy atom.